The number of hydrazone groups is 1. The zero-order valence-electron chi connectivity index (χ0n) is 27.1. The lowest BCUT2D eigenvalue weighted by molar-refractivity contribution is -0.384. The van der Waals surface area contributed by atoms with Crippen LogP contribution in [0.3, 0.4) is 0 Å². The van der Waals surface area contributed by atoms with Crippen LogP contribution in [0.25, 0.3) is 0 Å². The van der Waals surface area contributed by atoms with Gasteiger partial charge in [-0.2, -0.15) is 5.10 Å². The van der Waals surface area contributed by atoms with Gasteiger partial charge >= 0.3 is 0 Å². The Kier molecular flexibility index (Phi) is 8.92. The summed E-state index contributed by atoms with van der Waals surface area (Å²) in [6, 6.07) is 8.55. The lowest BCUT2D eigenvalue weighted by Crippen LogP contribution is -2.52. The van der Waals surface area contributed by atoms with Crippen LogP contribution in [-0.2, 0) is 15.9 Å². The summed E-state index contributed by atoms with van der Waals surface area (Å²) in [5.74, 6) is -3.61. The van der Waals surface area contributed by atoms with E-state index in [1.54, 1.807) is 6.92 Å². The van der Waals surface area contributed by atoms with Crippen molar-refractivity contribution in [1.29, 1.82) is 0 Å². The van der Waals surface area contributed by atoms with E-state index in [9.17, 15) is 44.9 Å². The second-order valence-electron chi connectivity index (χ2n) is 12.5. The van der Waals surface area contributed by atoms with Crippen molar-refractivity contribution in [2.45, 2.75) is 69.4 Å². The van der Waals surface area contributed by atoms with Gasteiger partial charge in [-0.25, -0.2) is 5.43 Å². The molecule has 7 N–H and O–H groups in total. The van der Waals surface area contributed by atoms with Gasteiger partial charge in [-0.1, -0.05) is 18.2 Å². The van der Waals surface area contributed by atoms with Crippen molar-refractivity contribution in [2.75, 3.05) is 7.11 Å². The van der Waals surface area contributed by atoms with Gasteiger partial charge in [0.2, 0.25) is 5.78 Å². The first kappa shape index (κ1) is 34.6. The number of nitrogens with one attached hydrogen (secondary N) is 1. The van der Waals surface area contributed by atoms with Crippen molar-refractivity contribution >= 4 is 28.9 Å². The van der Waals surface area contributed by atoms with Crippen LogP contribution in [0.5, 0.6) is 17.2 Å². The summed E-state index contributed by atoms with van der Waals surface area (Å²) < 4.78 is 17.4. The fraction of sp³-hybridized carbons (Fsp3) is 0.353. The number of nitro benzene ring substituents is 1. The highest BCUT2D eigenvalue weighted by Crippen LogP contribution is 2.52. The molecule has 16 heteroatoms. The summed E-state index contributed by atoms with van der Waals surface area (Å²) in [5.41, 5.74) is 4.58. The molecule has 1 amide bonds. The number of phenols is 2. The van der Waals surface area contributed by atoms with Crippen molar-refractivity contribution in [1.82, 2.24) is 5.43 Å². The van der Waals surface area contributed by atoms with E-state index < -0.39 is 87.7 Å². The quantitative estimate of drug-likeness (QED) is 0.0704. The van der Waals surface area contributed by atoms with Crippen LogP contribution < -0.4 is 15.9 Å². The van der Waals surface area contributed by atoms with Crippen LogP contribution in [0.15, 0.2) is 47.6 Å². The maximum atomic E-state index is 13.9. The molecule has 6 atom stereocenters. The van der Waals surface area contributed by atoms with Crippen LogP contribution in [0.4, 0.5) is 5.69 Å². The van der Waals surface area contributed by atoms with Crippen molar-refractivity contribution in [3.63, 3.8) is 0 Å². The number of hydrogen-bond acceptors (Lipinski definition) is 14. The minimum atomic E-state index is -2.00. The van der Waals surface area contributed by atoms with E-state index in [-0.39, 0.29) is 57.8 Å². The second-order valence-corrected chi connectivity index (χ2v) is 12.5. The number of non-ortho nitro benzene ring substituents is 1. The summed E-state index contributed by atoms with van der Waals surface area (Å²) >= 11 is 0. The largest absolute Gasteiger partial charge is 0.507 e. The standard InChI is InChI=1S/C34H34N4O12/c1-14-28(39)20(35)11-23(49-14)50-22-13-34(45,15(2)36-37-33(44)16-6-4-7-17(10-16)38(46)47)12-19-25(22)32(43)27-26(30(19)41)29(40)18-8-5-9-21(48-3)24(18)31(27)42/h4-10,14,20,22-23,28,39,41,43,45H,11-13,35H2,1-3H3,(H,37,44)/b36-15+/t14?,20?,22-,23?,28?,34-/m0/s1. The molecule has 50 heavy (non-hydrogen) atoms. The van der Waals surface area contributed by atoms with E-state index in [1.807, 2.05) is 0 Å². The number of aliphatic hydroxyl groups excluding tert-OH is 1. The first-order chi connectivity index (χ1) is 23.7. The van der Waals surface area contributed by atoms with Crippen LogP contribution in [0, 0.1) is 10.1 Å². The molecule has 0 aromatic heterocycles. The first-order valence-corrected chi connectivity index (χ1v) is 15.6. The summed E-state index contributed by atoms with van der Waals surface area (Å²) in [5, 5.41) is 61.1. The minimum Gasteiger partial charge on any atom is -0.507 e. The number of nitro groups is 1. The average Bonchev–Trinajstić information content (AvgIpc) is 3.09. The highest BCUT2D eigenvalue weighted by Gasteiger charge is 2.49. The number of fused-ring (bicyclic) bond motifs is 3. The molecule has 0 radical (unpaired) electrons. The SMILES string of the molecule is COc1cccc2c1C(=O)c1c(O)c3c(c(O)c1C2=O)C[C@@](O)(/C(C)=N/NC(=O)c1cccc([N+](=O)[O-])c1)C[C@@H]3OC1CC(N)C(O)C(C)O1. The molecule has 4 unspecified atom stereocenters. The molecule has 2 aliphatic carbocycles. The van der Waals surface area contributed by atoms with E-state index in [1.165, 1.54) is 50.4 Å². The Morgan fingerprint density at radius 1 is 1.12 bits per heavy atom. The Morgan fingerprint density at radius 2 is 1.82 bits per heavy atom. The fourth-order valence-corrected chi connectivity index (χ4v) is 6.73. The van der Waals surface area contributed by atoms with Gasteiger partial charge in [0.05, 0.1) is 52.7 Å². The predicted molar refractivity (Wildman–Crippen MR) is 173 cm³/mol. The number of benzene rings is 3. The van der Waals surface area contributed by atoms with Gasteiger partial charge in [-0.15, -0.1) is 0 Å². The zero-order valence-corrected chi connectivity index (χ0v) is 27.1. The molecule has 1 saturated heterocycles. The van der Waals surface area contributed by atoms with E-state index in [2.05, 4.69) is 10.5 Å². The number of aliphatic hydroxyl groups is 2. The number of ketones is 2. The highest BCUT2D eigenvalue weighted by molar-refractivity contribution is 6.31. The van der Waals surface area contributed by atoms with Gasteiger partial charge in [0, 0.05) is 59.7 Å². The van der Waals surface area contributed by atoms with Gasteiger partial charge in [0.1, 0.15) is 22.8 Å². The Hall–Kier alpha value is -5.26. The van der Waals surface area contributed by atoms with Gasteiger partial charge in [-0.3, -0.25) is 24.5 Å². The van der Waals surface area contributed by atoms with Crippen LogP contribution in [0.1, 0.15) is 86.1 Å². The number of nitrogens with zero attached hydrogens (tertiary/aromatic N) is 2. The molecule has 262 valence electrons. The molecule has 16 nitrogen and oxygen atoms in total. The Balaban J connectivity index is 1.43. The topological polar surface area (TPSA) is 253 Å². The number of nitrogens with two attached hydrogens (primary N) is 1. The van der Waals surface area contributed by atoms with Crippen molar-refractivity contribution in [3.05, 3.63) is 91.5 Å². The molecule has 1 fully saturated rings. The third-order valence-electron chi connectivity index (χ3n) is 9.46. The molecule has 1 aliphatic heterocycles. The molecular formula is C34H34N4O12. The van der Waals surface area contributed by atoms with Crippen LogP contribution in [-0.4, -0.2) is 85.8 Å². The summed E-state index contributed by atoms with van der Waals surface area (Å²) in [6.45, 7) is 2.97. The van der Waals surface area contributed by atoms with Crippen LogP contribution >= 0.6 is 0 Å². The molecule has 6 rings (SSSR count). The van der Waals surface area contributed by atoms with Crippen molar-refractivity contribution < 1.29 is 53.9 Å². The lowest BCUT2D eigenvalue weighted by Gasteiger charge is -2.42. The molecule has 1 heterocycles. The molecule has 0 bridgehead atoms. The van der Waals surface area contributed by atoms with Gasteiger partial charge in [0.25, 0.3) is 11.6 Å². The van der Waals surface area contributed by atoms with Crippen molar-refractivity contribution in [2.24, 2.45) is 10.8 Å². The molecule has 3 aliphatic rings. The Morgan fingerprint density at radius 3 is 2.50 bits per heavy atom. The lowest BCUT2D eigenvalue weighted by atomic mass is 9.71. The van der Waals surface area contributed by atoms with Crippen LogP contribution in [0.2, 0.25) is 0 Å². The molecular weight excluding hydrogens is 656 g/mol. The summed E-state index contributed by atoms with van der Waals surface area (Å²) in [4.78, 5) is 51.1. The zero-order chi connectivity index (χ0) is 36.2. The molecule has 0 spiro atoms. The number of rotatable bonds is 7. The van der Waals surface area contributed by atoms with E-state index in [0.29, 0.717) is 0 Å². The second kappa shape index (κ2) is 12.9. The van der Waals surface area contributed by atoms with Gasteiger partial charge in [0.15, 0.2) is 12.1 Å². The summed E-state index contributed by atoms with van der Waals surface area (Å²) in [6.07, 6.45) is -4.97. The summed E-state index contributed by atoms with van der Waals surface area (Å²) in [7, 11) is 1.32. The number of amides is 1. The monoisotopic (exact) mass is 690 g/mol. The maximum Gasteiger partial charge on any atom is 0.271 e. The predicted octanol–water partition coefficient (Wildman–Crippen LogP) is 2.15. The number of ether oxygens (including phenoxy) is 3. The molecule has 0 saturated carbocycles. The van der Waals surface area contributed by atoms with E-state index >= 15 is 0 Å². The molecule has 3 aromatic carbocycles. The van der Waals surface area contributed by atoms with Crippen molar-refractivity contribution in [3.8, 4) is 17.2 Å². The maximum absolute atomic E-state index is 13.9. The smallest absolute Gasteiger partial charge is 0.271 e. The number of methoxy groups -OCH3 is 1. The third kappa shape index (κ3) is 5.76. The number of hydrogen-bond donors (Lipinski definition) is 6. The first-order valence-electron chi connectivity index (χ1n) is 15.6. The van der Waals surface area contributed by atoms with E-state index in [0.717, 1.165) is 6.07 Å². The number of aromatic hydroxyl groups is 2. The normalized spacial score (nSPS) is 26.0. The van der Waals surface area contributed by atoms with E-state index in [4.69, 9.17) is 19.9 Å². The molecule has 3 aromatic rings. The number of carbonyl (C=O) groups is 3. The Labute approximate surface area is 284 Å². The fourth-order valence-electron chi connectivity index (χ4n) is 6.73. The number of phenolic OH excluding ortho intramolecular Hbond substituents is 2. The highest BCUT2D eigenvalue weighted by atomic mass is 16.7. The Bertz CT molecular complexity index is 1970. The van der Waals surface area contributed by atoms with Gasteiger partial charge < -0.3 is 40.4 Å². The average molecular weight is 691 g/mol. The van der Waals surface area contributed by atoms with Gasteiger partial charge in [-0.05, 0) is 26.0 Å². The number of carbonyl (C=O) groups excluding carboxylic acids is 3. The third-order valence-corrected chi connectivity index (χ3v) is 9.46. The minimum absolute atomic E-state index is 0.00177.